The summed E-state index contributed by atoms with van der Waals surface area (Å²) in [5.41, 5.74) is 19.9. The molecule has 0 fully saturated rings. The molecular formula is C70H74N4. The van der Waals surface area contributed by atoms with Crippen LogP contribution in [-0.4, -0.2) is 35.1 Å². The first kappa shape index (κ1) is 52.5. The Morgan fingerprint density at radius 2 is 1.05 bits per heavy atom. The van der Waals surface area contributed by atoms with Gasteiger partial charge in [-0.1, -0.05) is 212 Å². The molecule has 4 heteroatoms. The molecule has 0 aliphatic rings. The average Bonchev–Trinajstić information content (AvgIpc) is 3.91. The number of hydrogen-bond donors (Lipinski definition) is 1. The Morgan fingerprint density at radius 3 is 1.68 bits per heavy atom. The van der Waals surface area contributed by atoms with Crippen LogP contribution in [0.4, 0.5) is 0 Å². The molecule has 4 nitrogen and oxygen atoms in total. The zero-order valence-corrected chi connectivity index (χ0v) is 45.7. The van der Waals surface area contributed by atoms with Gasteiger partial charge >= 0.3 is 0 Å². The van der Waals surface area contributed by atoms with Crippen LogP contribution in [-0.2, 0) is 7.05 Å². The van der Waals surface area contributed by atoms with Crippen LogP contribution >= 0.6 is 0 Å². The van der Waals surface area contributed by atoms with E-state index in [1.807, 2.05) is 20.2 Å². The minimum Gasteiger partial charge on any atom is -0.354 e. The third-order valence-electron chi connectivity index (χ3n) is 14.4. The number of H-pyrrole nitrogens is 1. The number of nitrogens with one attached hydrogen (secondary N) is 1. The van der Waals surface area contributed by atoms with Gasteiger partial charge in [0.25, 0.3) is 0 Å². The van der Waals surface area contributed by atoms with Crippen LogP contribution in [0.2, 0.25) is 0 Å². The third-order valence-corrected chi connectivity index (χ3v) is 14.4. The molecule has 1 atom stereocenters. The van der Waals surface area contributed by atoms with Crippen LogP contribution in [0.5, 0.6) is 0 Å². The van der Waals surface area contributed by atoms with Gasteiger partial charge in [0.05, 0.1) is 22.8 Å². The number of allylic oxidation sites excluding steroid dienone is 8. The molecule has 0 aliphatic heterocycles. The van der Waals surface area contributed by atoms with Crippen LogP contribution in [0.25, 0.3) is 68.4 Å². The molecule has 374 valence electrons. The van der Waals surface area contributed by atoms with Gasteiger partial charge in [-0.05, 0) is 118 Å². The maximum atomic E-state index is 5.07. The van der Waals surface area contributed by atoms with Gasteiger partial charge in [-0.15, -0.1) is 0 Å². The van der Waals surface area contributed by atoms with Crippen molar-refractivity contribution in [2.24, 2.45) is 17.0 Å². The van der Waals surface area contributed by atoms with Crippen molar-refractivity contribution >= 4 is 57.3 Å². The molecule has 0 spiro atoms. The highest BCUT2D eigenvalue weighted by Crippen LogP contribution is 2.42. The summed E-state index contributed by atoms with van der Waals surface area (Å²) in [5.74, 6) is 1.17. The Hall–Kier alpha value is -7.82. The molecule has 1 N–H and O–H groups in total. The van der Waals surface area contributed by atoms with Crippen LogP contribution in [0.3, 0.4) is 0 Å². The fourth-order valence-corrected chi connectivity index (χ4v) is 10.1. The first-order valence-corrected chi connectivity index (χ1v) is 26.4. The highest BCUT2D eigenvalue weighted by atomic mass is 15.0. The second-order valence-electron chi connectivity index (χ2n) is 20.6. The molecule has 2 heterocycles. The van der Waals surface area contributed by atoms with E-state index in [1.54, 1.807) is 0 Å². The van der Waals surface area contributed by atoms with Gasteiger partial charge in [-0.2, -0.15) is 0 Å². The standard InChI is InChI=1S/C70H74N4/c1-46(2)54-35-39-62(63(44-54)48(5)6)70-61-30-22-20-28-58(61)68(74(70)12)42-50(8)32-40-66(72-11)65(43-53-25-17-14-18-26-53)51(9)64-45-55(47(3)4)34-38-60(64)69-59-29-21-19-27-57(59)67(73-69)41-49(7)31-36-56(71-10)37-33-52-23-15-13-16-24-52/h13-48,51,73H,1-12H3/b36-31-,37-33+,40-32-,49-41+,50-42+,65-43+,71-56?,72-66?. The number of hydrogen-bond acceptors (Lipinski definition) is 2. The van der Waals surface area contributed by atoms with Crippen molar-refractivity contribution in [3.05, 3.63) is 237 Å². The maximum absolute atomic E-state index is 5.07. The first-order chi connectivity index (χ1) is 35.8. The molecule has 0 bridgehead atoms. The Labute approximate surface area is 441 Å². The molecule has 0 aliphatic carbocycles. The summed E-state index contributed by atoms with van der Waals surface area (Å²) in [5, 5.41) is 4.88. The predicted octanol–water partition coefficient (Wildman–Crippen LogP) is 19.0. The molecule has 8 rings (SSSR count). The fraction of sp³-hybridized carbons (Fsp3) is 0.229. The highest BCUT2D eigenvalue weighted by Gasteiger charge is 2.24. The average molecular weight is 971 g/mol. The van der Waals surface area contributed by atoms with E-state index in [4.69, 9.17) is 4.99 Å². The number of aliphatic imine (C=N–C) groups is 2. The molecule has 0 amide bonds. The number of benzene rings is 6. The van der Waals surface area contributed by atoms with E-state index < -0.39 is 0 Å². The van der Waals surface area contributed by atoms with Crippen molar-refractivity contribution in [1.82, 2.24) is 9.55 Å². The quantitative estimate of drug-likeness (QED) is 0.0698. The fourth-order valence-electron chi connectivity index (χ4n) is 10.1. The lowest BCUT2D eigenvalue weighted by Crippen LogP contribution is -2.10. The summed E-state index contributed by atoms with van der Waals surface area (Å²) < 4.78 is 2.39. The summed E-state index contributed by atoms with van der Waals surface area (Å²) in [6.45, 7) is 20.4. The molecule has 6 aromatic carbocycles. The van der Waals surface area contributed by atoms with E-state index in [1.165, 1.54) is 66.3 Å². The van der Waals surface area contributed by atoms with E-state index in [0.717, 1.165) is 50.7 Å². The van der Waals surface area contributed by atoms with Gasteiger partial charge < -0.3 is 9.55 Å². The van der Waals surface area contributed by atoms with Crippen LogP contribution in [0.1, 0.15) is 131 Å². The molecule has 0 saturated heterocycles. The predicted molar refractivity (Wildman–Crippen MR) is 325 cm³/mol. The zero-order valence-electron chi connectivity index (χ0n) is 45.7. The Balaban J connectivity index is 1.18. The summed E-state index contributed by atoms with van der Waals surface area (Å²) in [6.07, 6.45) is 19.7. The number of fused-ring (bicyclic) bond motifs is 2. The lowest BCUT2D eigenvalue weighted by molar-refractivity contribution is 0.831. The van der Waals surface area contributed by atoms with Gasteiger partial charge in [0.15, 0.2) is 0 Å². The number of aromatic nitrogens is 2. The van der Waals surface area contributed by atoms with Gasteiger partial charge in [-0.3, -0.25) is 9.98 Å². The van der Waals surface area contributed by atoms with Crippen molar-refractivity contribution in [1.29, 1.82) is 0 Å². The molecule has 8 aromatic rings. The van der Waals surface area contributed by atoms with Crippen LogP contribution in [0, 0.1) is 0 Å². The Kier molecular flexibility index (Phi) is 16.9. The Morgan fingerprint density at radius 1 is 0.500 bits per heavy atom. The van der Waals surface area contributed by atoms with Crippen molar-refractivity contribution in [2.75, 3.05) is 14.1 Å². The van der Waals surface area contributed by atoms with Crippen molar-refractivity contribution in [3.63, 3.8) is 0 Å². The lowest BCUT2D eigenvalue weighted by Gasteiger charge is -2.22. The van der Waals surface area contributed by atoms with Crippen molar-refractivity contribution in [3.8, 4) is 22.5 Å². The van der Waals surface area contributed by atoms with Crippen molar-refractivity contribution < 1.29 is 0 Å². The van der Waals surface area contributed by atoms with Gasteiger partial charge in [0.2, 0.25) is 0 Å². The summed E-state index contributed by atoms with van der Waals surface area (Å²) >= 11 is 0. The minimum atomic E-state index is -0.0328. The number of nitrogens with zero attached hydrogens (tertiary/aromatic N) is 3. The van der Waals surface area contributed by atoms with E-state index in [0.29, 0.717) is 17.8 Å². The van der Waals surface area contributed by atoms with Crippen LogP contribution in [0.15, 0.2) is 203 Å². The van der Waals surface area contributed by atoms with Gasteiger partial charge in [0.1, 0.15) is 0 Å². The van der Waals surface area contributed by atoms with E-state index in [2.05, 4.69) is 278 Å². The number of aromatic amines is 1. The van der Waals surface area contributed by atoms with Crippen molar-refractivity contribution in [2.45, 2.75) is 86.0 Å². The molecule has 0 radical (unpaired) electrons. The monoisotopic (exact) mass is 971 g/mol. The van der Waals surface area contributed by atoms with Crippen LogP contribution < -0.4 is 0 Å². The van der Waals surface area contributed by atoms with E-state index in [9.17, 15) is 0 Å². The van der Waals surface area contributed by atoms with Gasteiger partial charge in [-0.25, -0.2) is 0 Å². The topological polar surface area (TPSA) is 45.4 Å². The summed E-state index contributed by atoms with van der Waals surface area (Å²) in [4.78, 5) is 13.6. The second-order valence-corrected chi connectivity index (χ2v) is 20.6. The molecule has 2 aromatic heterocycles. The SMILES string of the molecule is CN=C(/C=C\C(C)=C\c1[nH]c(-c2ccc(C(C)C)cc2C(C)/C(=C\c2ccccc2)C(/C=C\C(C)=C\c2c3ccccc3c(-c3ccc(C(C)C)cc3C(C)C)n2C)=NC)c2ccccc12)/C=C/c1ccccc1. The molecular weight excluding hydrogens is 897 g/mol. The number of rotatable bonds is 17. The van der Waals surface area contributed by atoms with Gasteiger partial charge in [0, 0.05) is 71.1 Å². The third kappa shape index (κ3) is 11.8. The summed E-state index contributed by atoms with van der Waals surface area (Å²) in [6, 6.07) is 52.7. The highest BCUT2D eigenvalue weighted by molar-refractivity contribution is 6.13. The summed E-state index contributed by atoms with van der Waals surface area (Å²) in [7, 11) is 5.98. The Bertz CT molecular complexity index is 3520. The molecule has 74 heavy (non-hydrogen) atoms. The molecule has 1 unspecified atom stereocenters. The zero-order chi connectivity index (χ0) is 52.5. The smallest absolute Gasteiger partial charge is 0.0609 e. The maximum Gasteiger partial charge on any atom is 0.0609 e. The first-order valence-electron chi connectivity index (χ1n) is 26.4. The lowest BCUT2D eigenvalue weighted by atomic mass is 9.82. The van der Waals surface area contributed by atoms with E-state index >= 15 is 0 Å². The largest absolute Gasteiger partial charge is 0.354 e. The molecule has 0 saturated carbocycles. The second kappa shape index (κ2) is 23.8. The minimum absolute atomic E-state index is 0.0328. The normalized spacial score (nSPS) is 14.0. The van der Waals surface area contributed by atoms with E-state index in [-0.39, 0.29) is 5.92 Å².